The van der Waals surface area contributed by atoms with Crippen LogP contribution in [0.2, 0.25) is 0 Å². The fourth-order valence-corrected chi connectivity index (χ4v) is 3.20. The smallest absolute Gasteiger partial charge is 0.314 e. The minimum Gasteiger partial charge on any atom is -0.314 e. The van der Waals surface area contributed by atoms with E-state index in [-0.39, 0.29) is 6.04 Å². The number of alkyl halides is 3. The Balaban J connectivity index is 2.14. The van der Waals surface area contributed by atoms with E-state index in [0.29, 0.717) is 5.01 Å². The van der Waals surface area contributed by atoms with Crippen LogP contribution in [-0.2, 0) is 6.18 Å². The van der Waals surface area contributed by atoms with Gasteiger partial charge in [0.25, 0.3) is 0 Å². The Morgan fingerprint density at radius 1 is 1.44 bits per heavy atom. The zero-order valence-corrected chi connectivity index (χ0v) is 10.9. The van der Waals surface area contributed by atoms with E-state index in [1.54, 1.807) is 0 Å². The molecule has 18 heavy (non-hydrogen) atoms. The summed E-state index contributed by atoms with van der Waals surface area (Å²) in [6, 6.07) is 0.00759. The molecular formula is C11H16F3N3S. The van der Waals surface area contributed by atoms with E-state index in [9.17, 15) is 13.2 Å². The van der Waals surface area contributed by atoms with Gasteiger partial charge in [-0.2, -0.15) is 13.2 Å². The van der Waals surface area contributed by atoms with Crippen molar-refractivity contribution in [3.8, 4) is 0 Å². The van der Waals surface area contributed by atoms with Gasteiger partial charge in [-0.1, -0.05) is 6.92 Å². The maximum atomic E-state index is 12.5. The van der Waals surface area contributed by atoms with Crippen molar-refractivity contribution >= 4 is 11.3 Å². The van der Waals surface area contributed by atoms with Crippen molar-refractivity contribution in [1.29, 1.82) is 0 Å². The summed E-state index contributed by atoms with van der Waals surface area (Å²) in [6.45, 7) is 5.47. The second-order valence-corrected chi connectivity index (χ2v) is 5.17. The molecule has 1 aliphatic heterocycles. The van der Waals surface area contributed by atoms with Crippen LogP contribution >= 0.6 is 11.3 Å². The fraction of sp³-hybridized carbons (Fsp3) is 0.727. The molecule has 0 radical (unpaired) electrons. The van der Waals surface area contributed by atoms with Gasteiger partial charge < -0.3 is 5.32 Å². The van der Waals surface area contributed by atoms with E-state index in [2.05, 4.69) is 15.2 Å². The molecular weight excluding hydrogens is 263 g/mol. The zero-order valence-electron chi connectivity index (χ0n) is 10.1. The van der Waals surface area contributed by atoms with Crippen LogP contribution in [0, 0.1) is 0 Å². The average Bonchev–Trinajstić information content (AvgIpc) is 2.81. The van der Waals surface area contributed by atoms with Crippen LogP contribution in [0.4, 0.5) is 13.2 Å². The average molecular weight is 279 g/mol. The van der Waals surface area contributed by atoms with Gasteiger partial charge in [-0.25, -0.2) is 4.98 Å². The van der Waals surface area contributed by atoms with Gasteiger partial charge in [0.15, 0.2) is 5.69 Å². The first kappa shape index (κ1) is 13.8. The predicted molar refractivity (Wildman–Crippen MR) is 64.6 cm³/mol. The molecule has 1 unspecified atom stereocenters. The number of nitrogens with one attached hydrogen (secondary N) is 1. The molecule has 0 saturated carbocycles. The molecule has 1 atom stereocenters. The molecule has 0 aliphatic carbocycles. The second-order valence-electron chi connectivity index (χ2n) is 4.28. The number of thiazole rings is 1. The number of aromatic nitrogens is 1. The van der Waals surface area contributed by atoms with E-state index < -0.39 is 11.9 Å². The lowest BCUT2D eigenvalue weighted by atomic mass is 10.2. The minimum absolute atomic E-state index is 0.00759. The van der Waals surface area contributed by atoms with Gasteiger partial charge in [0.05, 0.1) is 6.04 Å². The van der Waals surface area contributed by atoms with E-state index in [0.717, 1.165) is 49.3 Å². The van der Waals surface area contributed by atoms with E-state index >= 15 is 0 Å². The van der Waals surface area contributed by atoms with Crippen molar-refractivity contribution < 1.29 is 13.2 Å². The van der Waals surface area contributed by atoms with Gasteiger partial charge in [0, 0.05) is 31.6 Å². The number of rotatable bonds is 3. The predicted octanol–water partition coefficient (Wildman–Crippen LogP) is 2.52. The van der Waals surface area contributed by atoms with Crippen molar-refractivity contribution in [3.63, 3.8) is 0 Å². The molecule has 0 spiro atoms. The second kappa shape index (κ2) is 5.54. The monoisotopic (exact) mass is 279 g/mol. The van der Waals surface area contributed by atoms with Crippen LogP contribution in [0.15, 0.2) is 5.38 Å². The Kier molecular flexibility index (Phi) is 4.24. The molecule has 1 saturated heterocycles. The molecule has 1 fully saturated rings. The quantitative estimate of drug-likeness (QED) is 0.921. The lowest BCUT2D eigenvalue weighted by Crippen LogP contribution is -2.45. The van der Waals surface area contributed by atoms with Gasteiger partial charge in [-0.05, 0) is 6.42 Å². The topological polar surface area (TPSA) is 28.2 Å². The number of halogens is 3. The number of piperazine rings is 1. The Morgan fingerprint density at radius 3 is 2.61 bits per heavy atom. The van der Waals surface area contributed by atoms with Crippen molar-refractivity contribution in [1.82, 2.24) is 15.2 Å². The van der Waals surface area contributed by atoms with E-state index in [1.165, 1.54) is 0 Å². The maximum Gasteiger partial charge on any atom is 0.434 e. The molecule has 1 aromatic heterocycles. The summed E-state index contributed by atoms with van der Waals surface area (Å²) < 4.78 is 37.6. The normalized spacial score (nSPS) is 20.0. The molecule has 102 valence electrons. The first-order valence-corrected chi connectivity index (χ1v) is 6.87. The highest BCUT2D eigenvalue weighted by Crippen LogP contribution is 2.34. The summed E-state index contributed by atoms with van der Waals surface area (Å²) >= 11 is 1.11. The fourth-order valence-electron chi connectivity index (χ4n) is 2.15. The van der Waals surface area contributed by atoms with Crippen LogP contribution in [-0.4, -0.2) is 36.1 Å². The highest BCUT2D eigenvalue weighted by molar-refractivity contribution is 7.09. The lowest BCUT2D eigenvalue weighted by Gasteiger charge is -2.33. The molecule has 0 aromatic carbocycles. The van der Waals surface area contributed by atoms with Crippen molar-refractivity contribution in [2.24, 2.45) is 0 Å². The lowest BCUT2D eigenvalue weighted by molar-refractivity contribution is -0.140. The summed E-state index contributed by atoms with van der Waals surface area (Å²) in [6.07, 6.45) is -3.55. The Bertz CT molecular complexity index is 385. The van der Waals surface area contributed by atoms with Crippen LogP contribution in [0.5, 0.6) is 0 Å². The molecule has 3 nitrogen and oxygen atoms in total. The molecule has 1 aromatic rings. The van der Waals surface area contributed by atoms with Crippen LogP contribution in [0.25, 0.3) is 0 Å². The molecule has 7 heteroatoms. The highest BCUT2D eigenvalue weighted by atomic mass is 32.1. The maximum absolute atomic E-state index is 12.5. The third-order valence-electron chi connectivity index (χ3n) is 3.08. The molecule has 1 N–H and O–H groups in total. The van der Waals surface area contributed by atoms with Gasteiger partial charge in [0.2, 0.25) is 0 Å². The summed E-state index contributed by atoms with van der Waals surface area (Å²) in [4.78, 5) is 5.96. The third kappa shape index (κ3) is 3.02. The van der Waals surface area contributed by atoms with Crippen LogP contribution in [0.1, 0.15) is 30.1 Å². The standard InChI is InChI=1S/C11H16F3N3S/c1-2-8(17-5-3-15-4-6-17)10-16-9(7-18-10)11(12,13)14/h7-8,15H,2-6H2,1H3. The van der Waals surface area contributed by atoms with Crippen LogP contribution in [0.3, 0.4) is 0 Å². The summed E-state index contributed by atoms with van der Waals surface area (Å²) in [5.41, 5.74) is -0.768. The summed E-state index contributed by atoms with van der Waals surface area (Å²) in [7, 11) is 0. The van der Waals surface area contributed by atoms with Crippen molar-refractivity contribution in [2.45, 2.75) is 25.6 Å². The molecule has 0 amide bonds. The molecule has 2 heterocycles. The number of hydrogen-bond acceptors (Lipinski definition) is 4. The first-order valence-electron chi connectivity index (χ1n) is 5.99. The van der Waals surface area contributed by atoms with Gasteiger partial charge in [-0.3, -0.25) is 4.90 Å². The zero-order chi connectivity index (χ0) is 13.2. The van der Waals surface area contributed by atoms with E-state index in [1.807, 2.05) is 6.92 Å². The summed E-state index contributed by atoms with van der Waals surface area (Å²) in [5.74, 6) is 0. The molecule has 0 bridgehead atoms. The molecule has 1 aliphatic rings. The first-order chi connectivity index (χ1) is 8.52. The highest BCUT2D eigenvalue weighted by Gasteiger charge is 2.35. The Labute approximate surface area is 108 Å². The van der Waals surface area contributed by atoms with Crippen molar-refractivity contribution in [2.75, 3.05) is 26.2 Å². The van der Waals surface area contributed by atoms with Gasteiger partial charge >= 0.3 is 6.18 Å². The Hall–Kier alpha value is -0.660. The minimum atomic E-state index is -4.34. The molecule has 2 rings (SSSR count). The number of nitrogens with zero attached hydrogens (tertiary/aromatic N) is 2. The van der Waals surface area contributed by atoms with Gasteiger partial charge in [0.1, 0.15) is 5.01 Å². The largest absolute Gasteiger partial charge is 0.434 e. The van der Waals surface area contributed by atoms with E-state index in [4.69, 9.17) is 0 Å². The number of hydrogen-bond donors (Lipinski definition) is 1. The SMILES string of the molecule is CCC(c1nc(C(F)(F)F)cs1)N1CCNCC1. The third-order valence-corrected chi connectivity index (χ3v) is 4.02. The Morgan fingerprint density at radius 2 is 2.11 bits per heavy atom. The summed E-state index contributed by atoms with van der Waals surface area (Å²) in [5, 5.41) is 4.92. The van der Waals surface area contributed by atoms with Crippen molar-refractivity contribution in [3.05, 3.63) is 16.1 Å². The van der Waals surface area contributed by atoms with Crippen LogP contribution < -0.4 is 5.32 Å². The van der Waals surface area contributed by atoms with Gasteiger partial charge in [-0.15, -0.1) is 11.3 Å².